The molecule has 0 aromatic rings. The van der Waals surface area contributed by atoms with Crippen LogP contribution in [-0.2, 0) is 29.3 Å². The lowest BCUT2D eigenvalue weighted by Crippen LogP contribution is -2.50. The van der Waals surface area contributed by atoms with Crippen LogP contribution in [0.4, 0.5) is 0 Å². The lowest BCUT2D eigenvalue weighted by atomic mass is 10.2. The third-order valence-corrected chi connectivity index (χ3v) is 5.34. The predicted molar refractivity (Wildman–Crippen MR) is 74.5 cm³/mol. The van der Waals surface area contributed by atoms with E-state index in [4.69, 9.17) is 4.74 Å². The Balaban J connectivity index is 2.93. The number of nitrogens with zero attached hydrogens (tertiary/aromatic N) is 2. The Morgan fingerprint density at radius 1 is 1.33 bits per heavy atom. The van der Waals surface area contributed by atoms with Crippen LogP contribution < -0.4 is 0 Å². The highest BCUT2D eigenvalue weighted by Crippen LogP contribution is 2.24. The molecule has 1 saturated heterocycles. The molecule has 21 heavy (non-hydrogen) atoms. The Morgan fingerprint density at radius 3 is 2.52 bits per heavy atom. The molecule has 0 spiro atoms. The summed E-state index contributed by atoms with van der Waals surface area (Å²) in [6, 6.07) is -0.818. The summed E-state index contributed by atoms with van der Waals surface area (Å²) in [6.07, 6.45) is 1.01. The molecule has 1 aliphatic rings. The van der Waals surface area contributed by atoms with Gasteiger partial charge in [0, 0.05) is 13.1 Å². The van der Waals surface area contributed by atoms with Crippen LogP contribution in [0.5, 0.6) is 0 Å². The average Bonchev–Trinajstić information content (AvgIpc) is 2.94. The van der Waals surface area contributed by atoms with E-state index < -0.39 is 28.2 Å². The number of ether oxygens (including phenoxy) is 2. The van der Waals surface area contributed by atoms with Crippen LogP contribution in [0.3, 0.4) is 0 Å². The van der Waals surface area contributed by atoms with Crippen molar-refractivity contribution < 1.29 is 27.5 Å². The van der Waals surface area contributed by atoms with E-state index in [1.165, 1.54) is 7.11 Å². The van der Waals surface area contributed by atoms with Crippen LogP contribution in [0, 0.1) is 0 Å². The van der Waals surface area contributed by atoms with E-state index in [2.05, 4.69) is 4.74 Å². The molecule has 9 heteroatoms. The molecule has 0 aliphatic carbocycles. The van der Waals surface area contributed by atoms with Gasteiger partial charge in [-0.05, 0) is 19.8 Å². The van der Waals surface area contributed by atoms with Crippen LogP contribution in [0.2, 0.25) is 0 Å². The Bertz CT molecular complexity index is 478. The minimum atomic E-state index is -3.90. The largest absolute Gasteiger partial charge is 0.468 e. The highest BCUT2D eigenvalue weighted by molar-refractivity contribution is 7.86. The number of likely N-dealkylation sites (N-methyl/N-ethyl adjacent to an activating group) is 1. The Labute approximate surface area is 125 Å². The van der Waals surface area contributed by atoms with Gasteiger partial charge in [-0.15, -0.1) is 0 Å². The van der Waals surface area contributed by atoms with Crippen LogP contribution in [0.25, 0.3) is 0 Å². The van der Waals surface area contributed by atoms with Crippen molar-refractivity contribution in [1.82, 2.24) is 8.61 Å². The number of methoxy groups -OCH3 is 1. The van der Waals surface area contributed by atoms with Crippen molar-refractivity contribution in [1.29, 1.82) is 0 Å². The first kappa shape index (κ1) is 17.9. The molecule has 0 amide bonds. The van der Waals surface area contributed by atoms with Gasteiger partial charge in [0.2, 0.25) is 0 Å². The van der Waals surface area contributed by atoms with E-state index >= 15 is 0 Å². The molecule has 0 N–H and O–H groups in total. The highest BCUT2D eigenvalue weighted by atomic mass is 32.2. The standard InChI is InChI=1S/C12H22N2O6S/c1-4-13(9-11(15)19-3)21(17,18)14-8-6-7-10(14)12(16)20-5-2/h10H,4-9H2,1-3H3. The van der Waals surface area contributed by atoms with Crippen LogP contribution in [0.1, 0.15) is 26.7 Å². The molecule has 0 saturated carbocycles. The second-order valence-electron chi connectivity index (χ2n) is 4.53. The number of esters is 2. The normalized spacial score (nSPS) is 19.7. The van der Waals surface area contributed by atoms with Crippen LogP contribution in [0.15, 0.2) is 0 Å². The average molecular weight is 322 g/mol. The molecule has 122 valence electrons. The smallest absolute Gasteiger partial charge is 0.324 e. The second kappa shape index (κ2) is 7.71. The fourth-order valence-corrected chi connectivity index (χ4v) is 3.97. The summed E-state index contributed by atoms with van der Waals surface area (Å²) in [5, 5.41) is 0. The first-order valence-corrected chi connectivity index (χ1v) is 8.28. The van der Waals surface area contributed by atoms with Crippen LogP contribution >= 0.6 is 0 Å². The third kappa shape index (κ3) is 4.14. The maximum Gasteiger partial charge on any atom is 0.324 e. The topological polar surface area (TPSA) is 93.2 Å². The predicted octanol–water partition coefficient (Wildman–Crippen LogP) is -0.246. The minimum Gasteiger partial charge on any atom is -0.468 e. The van der Waals surface area contributed by atoms with E-state index in [0.29, 0.717) is 12.8 Å². The molecule has 1 heterocycles. The third-order valence-electron chi connectivity index (χ3n) is 3.27. The second-order valence-corrected chi connectivity index (χ2v) is 6.41. The van der Waals surface area contributed by atoms with Gasteiger partial charge in [0.05, 0.1) is 13.7 Å². The molecule has 1 fully saturated rings. The molecule has 0 aromatic carbocycles. The molecule has 1 atom stereocenters. The maximum atomic E-state index is 12.6. The minimum absolute atomic E-state index is 0.115. The van der Waals surface area contributed by atoms with E-state index in [1.807, 2.05) is 0 Å². The first-order valence-electron chi connectivity index (χ1n) is 6.88. The summed E-state index contributed by atoms with van der Waals surface area (Å²) in [5.74, 6) is -1.19. The molecular weight excluding hydrogens is 300 g/mol. The molecular formula is C12H22N2O6S. The molecule has 1 rings (SSSR count). The number of hydrogen-bond acceptors (Lipinski definition) is 6. The van der Waals surface area contributed by atoms with Gasteiger partial charge in [-0.2, -0.15) is 17.0 Å². The van der Waals surface area contributed by atoms with Crippen molar-refractivity contribution in [3.05, 3.63) is 0 Å². The summed E-state index contributed by atoms with van der Waals surface area (Å²) in [6.45, 7) is 3.47. The summed E-state index contributed by atoms with van der Waals surface area (Å²) >= 11 is 0. The first-order chi connectivity index (χ1) is 9.88. The molecule has 0 bridgehead atoms. The fraction of sp³-hybridized carbons (Fsp3) is 0.833. The van der Waals surface area contributed by atoms with Gasteiger partial charge in [0.15, 0.2) is 0 Å². The van der Waals surface area contributed by atoms with Crippen molar-refractivity contribution >= 4 is 22.1 Å². The van der Waals surface area contributed by atoms with E-state index in [-0.39, 0.29) is 26.2 Å². The molecule has 0 radical (unpaired) electrons. The zero-order chi connectivity index (χ0) is 16.0. The molecule has 1 unspecified atom stereocenters. The van der Waals surface area contributed by atoms with Gasteiger partial charge in [-0.25, -0.2) is 0 Å². The number of carbonyl (C=O) groups is 2. The van der Waals surface area contributed by atoms with Crippen molar-refractivity contribution in [3.63, 3.8) is 0 Å². The van der Waals surface area contributed by atoms with Gasteiger partial charge in [-0.3, -0.25) is 9.59 Å². The van der Waals surface area contributed by atoms with Gasteiger partial charge in [0.1, 0.15) is 12.6 Å². The van der Waals surface area contributed by atoms with E-state index in [0.717, 1.165) is 8.61 Å². The van der Waals surface area contributed by atoms with Crippen molar-refractivity contribution in [2.75, 3.05) is 33.4 Å². The summed E-state index contributed by atoms with van der Waals surface area (Å²) in [4.78, 5) is 23.2. The van der Waals surface area contributed by atoms with E-state index in [1.54, 1.807) is 13.8 Å². The van der Waals surface area contributed by atoms with Crippen molar-refractivity contribution in [2.45, 2.75) is 32.7 Å². The molecule has 1 aliphatic heterocycles. The highest BCUT2D eigenvalue weighted by Gasteiger charge is 2.42. The van der Waals surface area contributed by atoms with Gasteiger partial charge < -0.3 is 9.47 Å². The summed E-state index contributed by atoms with van der Waals surface area (Å²) in [7, 11) is -2.71. The van der Waals surface area contributed by atoms with Gasteiger partial charge >= 0.3 is 11.9 Å². The molecule has 8 nitrogen and oxygen atoms in total. The number of rotatable bonds is 7. The Hall–Kier alpha value is -1.19. The number of carbonyl (C=O) groups excluding carboxylic acids is 2. The zero-order valence-corrected chi connectivity index (χ0v) is 13.4. The van der Waals surface area contributed by atoms with Crippen LogP contribution in [-0.4, -0.2) is 68.4 Å². The number of hydrogen-bond donors (Lipinski definition) is 0. The van der Waals surface area contributed by atoms with Gasteiger partial charge in [-0.1, -0.05) is 6.92 Å². The quantitative estimate of drug-likeness (QED) is 0.600. The fourth-order valence-electron chi connectivity index (χ4n) is 2.20. The maximum absolute atomic E-state index is 12.6. The monoisotopic (exact) mass is 322 g/mol. The molecule has 0 aromatic heterocycles. The SMILES string of the molecule is CCOC(=O)C1CCCN1S(=O)(=O)N(CC)CC(=O)OC. The zero-order valence-electron chi connectivity index (χ0n) is 12.6. The Morgan fingerprint density at radius 2 is 2.00 bits per heavy atom. The summed E-state index contributed by atoms with van der Waals surface area (Å²) in [5.41, 5.74) is 0. The van der Waals surface area contributed by atoms with Crippen molar-refractivity contribution in [3.8, 4) is 0 Å². The van der Waals surface area contributed by atoms with E-state index in [9.17, 15) is 18.0 Å². The summed E-state index contributed by atoms with van der Waals surface area (Å²) < 4.78 is 36.7. The Kier molecular flexibility index (Phi) is 6.56. The van der Waals surface area contributed by atoms with Gasteiger partial charge in [0.25, 0.3) is 10.2 Å². The lowest BCUT2D eigenvalue weighted by Gasteiger charge is -2.28. The lowest BCUT2D eigenvalue weighted by molar-refractivity contribution is -0.146. The van der Waals surface area contributed by atoms with Crippen molar-refractivity contribution in [2.24, 2.45) is 0 Å².